The van der Waals surface area contributed by atoms with Crippen LogP contribution in [-0.2, 0) is 0 Å². The maximum Gasteiger partial charge on any atom is 0.00940 e. The molecule has 0 aromatic heterocycles. The van der Waals surface area contributed by atoms with Gasteiger partial charge in [-0.25, -0.2) is 0 Å². The molecule has 2 heteroatoms. The molecule has 1 saturated heterocycles. The first-order valence-electron chi connectivity index (χ1n) is 9.67. The molecule has 0 radical (unpaired) electrons. The quantitative estimate of drug-likeness (QED) is 0.511. The van der Waals surface area contributed by atoms with E-state index >= 15 is 0 Å². The highest BCUT2D eigenvalue weighted by molar-refractivity contribution is 4.80. The number of likely N-dealkylation sites (tertiary alicyclic amines) is 1. The number of piperidine rings is 1. The van der Waals surface area contributed by atoms with Gasteiger partial charge in [0.2, 0.25) is 0 Å². The van der Waals surface area contributed by atoms with Crippen LogP contribution in [0.2, 0.25) is 0 Å². The highest BCUT2D eigenvalue weighted by atomic mass is 15.1. The van der Waals surface area contributed by atoms with E-state index in [0.29, 0.717) is 0 Å². The second kappa shape index (κ2) is 12.5. The smallest absolute Gasteiger partial charge is 0.00940 e. The molecule has 1 rings (SSSR count). The molecule has 0 spiro atoms. The Labute approximate surface area is 134 Å². The molecule has 1 heterocycles. The Bertz CT molecular complexity index is 230. The van der Waals surface area contributed by atoms with Crippen molar-refractivity contribution >= 4 is 0 Å². The average Bonchev–Trinajstić information content (AvgIpc) is 2.48. The molecular formula is C19H40N2. The molecule has 21 heavy (non-hydrogen) atoms. The first-order valence-corrected chi connectivity index (χ1v) is 9.67. The summed E-state index contributed by atoms with van der Waals surface area (Å²) in [7, 11) is 2.25. The van der Waals surface area contributed by atoms with Gasteiger partial charge in [-0.05, 0) is 46.3 Å². The van der Waals surface area contributed by atoms with Gasteiger partial charge in [0.25, 0.3) is 0 Å². The lowest BCUT2D eigenvalue weighted by molar-refractivity contribution is 0.168. The van der Waals surface area contributed by atoms with Crippen molar-refractivity contribution in [2.24, 2.45) is 0 Å². The van der Waals surface area contributed by atoms with Crippen molar-refractivity contribution in [2.45, 2.75) is 103 Å². The summed E-state index contributed by atoms with van der Waals surface area (Å²) in [4.78, 5) is 2.48. The molecule has 1 fully saturated rings. The zero-order chi connectivity index (χ0) is 15.3. The predicted octanol–water partition coefficient (Wildman–Crippen LogP) is 4.98. The van der Waals surface area contributed by atoms with Gasteiger partial charge in [0, 0.05) is 12.1 Å². The van der Waals surface area contributed by atoms with E-state index in [4.69, 9.17) is 0 Å². The van der Waals surface area contributed by atoms with E-state index in [1.54, 1.807) is 0 Å². The van der Waals surface area contributed by atoms with Crippen molar-refractivity contribution in [3.05, 3.63) is 0 Å². The van der Waals surface area contributed by atoms with Crippen LogP contribution in [0, 0.1) is 0 Å². The number of hydrogen-bond donors (Lipinski definition) is 1. The SMILES string of the molecule is CCCCCCCCCCCCNC1CCN(C)C(C)C1. The van der Waals surface area contributed by atoms with Crippen molar-refractivity contribution in [1.82, 2.24) is 10.2 Å². The monoisotopic (exact) mass is 296 g/mol. The van der Waals surface area contributed by atoms with Gasteiger partial charge in [-0.1, -0.05) is 64.7 Å². The van der Waals surface area contributed by atoms with Gasteiger partial charge in [0.15, 0.2) is 0 Å². The summed E-state index contributed by atoms with van der Waals surface area (Å²) in [5.74, 6) is 0. The van der Waals surface area contributed by atoms with Crippen LogP contribution in [0.3, 0.4) is 0 Å². The molecule has 0 bridgehead atoms. The molecule has 1 N–H and O–H groups in total. The van der Waals surface area contributed by atoms with Gasteiger partial charge in [-0.15, -0.1) is 0 Å². The first kappa shape index (κ1) is 19.0. The Balaban J connectivity index is 1.80. The van der Waals surface area contributed by atoms with E-state index in [9.17, 15) is 0 Å². The molecule has 1 aliphatic rings. The zero-order valence-electron chi connectivity index (χ0n) is 15.0. The average molecular weight is 297 g/mol. The number of hydrogen-bond acceptors (Lipinski definition) is 2. The molecule has 126 valence electrons. The lowest BCUT2D eigenvalue weighted by atomic mass is 9.99. The van der Waals surface area contributed by atoms with E-state index in [0.717, 1.165) is 12.1 Å². The summed E-state index contributed by atoms with van der Waals surface area (Å²) in [5.41, 5.74) is 0. The third-order valence-corrected chi connectivity index (χ3v) is 5.17. The maximum atomic E-state index is 3.77. The third kappa shape index (κ3) is 9.52. The highest BCUT2D eigenvalue weighted by Crippen LogP contribution is 2.15. The van der Waals surface area contributed by atoms with Crippen molar-refractivity contribution < 1.29 is 0 Å². The van der Waals surface area contributed by atoms with Crippen LogP contribution in [0.1, 0.15) is 90.9 Å². The molecular weight excluding hydrogens is 256 g/mol. The largest absolute Gasteiger partial charge is 0.314 e. The van der Waals surface area contributed by atoms with Crippen LogP contribution in [0.15, 0.2) is 0 Å². The van der Waals surface area contributed by atoms with Crippen molar-refractivity contribution in [2.75, 3.05) is 20.1 Å². The zero-order valence-corrected chi connectivity index (χ0v) is 15.0. The summed E-state index contributed by atoms with van der Waals surface area (Å²) in [6.45, 7) is 7.14. The predicted molar refractivity (Wildman–Crippen MR) is 95.0 cm³/mol. The molecule has 0 saturated carbocycles. The third-order valence-electron chi connectivity index (χ3n) is 5.17. The summed E-state index contributed by atoms with van der Waals surface area (Å²) in [6, 6.07) is 1.53. The summed E-state index contributed by atoms with van der Waals surface area (Å²) >= 11 is 0. The van der Waals surface area contributed by atoms with Gasteiger partial charge in [-0.3, -0.25) is 0 Å². The summed E-state index contributed by atoms with van der Waals surface area (Å²) in [6.07, 6.45) is 17.0. The minimum atomic E-state index is 0.754. The van der Waals surface area contributed by atoms with Crippen LogP contribution in [0.25, 0.3) is 0 Å². The van der Waals surface area contributed by atoms with Crippen molar-refractivity contribution in [3.63, 3.8) is 0 Å². The van der Waals surface area contributed by atoms with Crippen molar-refractivity contribution in [1.29, 1.82) is 0 Å². The van der Waals surface area contributed by atoms with E-state index in [2.05, 4.69) is 31.1 Å². The fourth-order valence-electron chi connectivity index (χ4n) is 3.39. The standard InChI is InChI=1S/C19H40N2/c1-4-5-6-7-8-9-10-11-12-13-15-20-19-14-16-21(3)18(2)17-19/h18-20H,4-17H2,1-3H3. The van der Waals surface area contributed by atoms with Gasteiger partial charge in [0.1, 0.15) is 0 Å². The lowest BCUT2D eigenvalue weighted by Gasteiger charge is -2.35. The van der Waals surface area contributed by atoms with Crippen LogP contribution in [-0.4, -0.2) is 37.1 Å². The molecule has 2 nitrogen and oxygen atoms in total. The summed E-state index contributed by atoms with van der Waals surface area (Å²) in [5, 5.41) is 3.77. The second-order valence-corrected chi connectivity index (χ2v) is 7.19. The molecule has 1 aliphatic heterocycles. The minimum Gasteiger partial charge on any atom is -0.314 e. The molecule has 2 unspecified atom stereocenters. The number of unbranched alkanes of at least 4 members (excludes halogenated alkanes) is 9. The second-order valence-electron chi connectivity index (χ2n) is 7.19. The fourth-order valence-corrected chi connectivity index (χ4v) is 3.39. The molecule has 0 amide bonds. The lowest BCUT2D eigenvalue weighted by Crippen LogP contribution is -2.45. The molecule has 0 aromatic carbocycles. The van der Waals surface area contributed by atoms with E-state index in [-0.39, 0.29) is 0 Å². The Hall–Kier alpha value is -0.0800. The van der Waals surface area contributed by atoms with Gasteiger partial charge < -0.3 is 10.2 Å². The van der Waals surface area contributed by atoms with E-state index < -0.39 is 0 Å². The van der Waals surface area contributed by atoms with Crippen LogP contribution < -0.4 is 5.32 Å². The normalized spacial score (nSPS) is 23.6. The van der Waals surface area contributed by atoms with Crippen LogP contribution >= 0.6 is 0 Å². The Kier molecular flexibility index (Phi) is 11.3. The van der Waals surface area contributed by atoms with E-state index in [1.165, 1.54) is 90.1 Å². The van der Waals surface area contributed by atoms with Crippen LogP contribution in [0.4, 0.5) is 0 Å². The van der Waals surface area contributed by atoms with Gasteiger partial charge in [-0.2, -0.15) is 0 Å². The van der Waals surface area contributed by atoms with E-state index in [1.807, 2.05) is 0 Å². The van der Waals surface area contributed by atoms with Gasteiger partial charge in [0.05, 0.1) is 0 Å². The molecule has 0 aliphatic carbocycles. The maximum absolute atomic E-state index is 3.77. The Morgan fingerprint density at radius 3 is 2.05 bits per heavy atom. The minimum absolute atomic E-state index is 0.754. The summed E-state index contributed by atoms with van der Waals surface area (Å²) < 4.78 is 0. The van der Waals surface area contributed by atoms with Gasteiger partial charge >= 0.3 is 0 Å². The highest BCUT2D eigenvalue weighted by Gasteiger charge is 2.21. The Morgan fingerprint density at radius 1 is 0.905 bits per heavy atom. The Morgan fingerprint density at radius 2 is 1.48 bits per heavy atom. The molecule has 0 aromatic rings. The first-order chi connectivity index (χ1) is 10.2. The number of rotatable bonds is 12. The van der Waals surface area contributed by atoms with Crippen LogP contribution in [0.5, 0.6) is 0 Å². The number of nitrogens with zero attached hydrogens (tertiary/aromatic N) is 1. The number of nitrogens with one attached hydrogen (secondary N) is 1. The fraction of sp³-hybridized carbons (Fsp3) is 1.00. The molecule has 2 atom stereocenters. The topological polar surface area (TPSA) is 15.3 Å². The van der Waals surface area contributed by atoms with Crippen molar-refractivity contribution in [3.8, 4) is 0 Å².